The van der Waals surface area contributed by atoms with Crippen molar-refractivity contribution in [2.24, 2.45) is 0 Å². The molecule has 0 fully saturated rings. The minimum Gasteiger partial charge on any atom is -0.361 e. The maximum atomic E-state index is 10.8. The molecule has 0 bridgehead atoms. The molecule has 0 aliphatic heterocycles. The second-order valence-electron chi connectivity index (χ2n) is 2.63. The summed E-state index contributed by atoms with van der Waals surface area (Å²) in [6.45, 7) is 0. The topological polar surface area (TPSA) is 107 Å². The first-order valence-corrected chi connectivity index (χ1v) is 4.11. The van der Waals surface area contributed by atoms with Gasteiger partial charge in [-0.15, -0.1) is 0 Å². The Kier molecular flexibility index (Phi) is 6.68. The summed E-state index contributed by atoms with van der Waals surface area (Å²) in [7, 11) is 0. The van der Waals surface area contributed by atoms with Gasteiger partial charge in [0.25, 0.3) is 0 Å². The van der Waals surface area contributed by atoms with Crippen molar-refractivity contribution >= 4 is 24.0 Å². The molecule has 0 aromatic rings. The fourth-order valence-corrected chi connectivity index (χ4v) is 0.856. The van der Waals surface area contributed by atoms with E-state index in [-0.39, 0.29) is 24.4 Å². The number of rotatable bonds is 7. The largest absolute Gasteiger partial charge is 0.361 e. The molecule has 0 aromatic heterocycles. The van der Waals surface area contributed by atoms with Crippen molar-refractivity contribution in [3.05, 3.63) is 11.1 Å². The van der Waals surface area contributed by atoms with Gasteiger partial charge in [-0.25, -0.2) is 0 Å². The van der Waals surface area contributed by atoms with Crippen LogP contribution >= 0.6 is 0 Å². The van der Waals surface area contributed by atoms with Crippen LogP contribution in [0.3, 0.4) is 0 Å². The van der Waals surface area contributed by atoms with Crippen molar-refractivity contribution in [2.45, 2.75) is 25.7 Å². The van der Waals surface area contributed by atoms with E-state index in [1.165, 1.54) is 0 Å². The van der Waals surface area contributed by atoms with Gasteiger partial charge in [0.05, 0.1) is 0 Å². The lowest BCUT2D eigenvalue weighted by molar-refractivity contribution is -0.117. The summed E-state index contributed by atoms with van der Waals surface area (Å²) in [5.74, 6) is -0.563. The third-order valence-electron chi connectivity index (χ3n) is 1.50. The molecule has 0 aliphatic carbocycles. The molecule has 0 N–H and O–H groups in total. The molecule has 6 nitrogen and oxygen atoms in total. The normalized spacial score (nSPS) is 8.29. The number of ketones is 2. The smallest absolute Gasteiger partial charge is 0.323 e. The van der Waals surface area contributed by atoms with Gasteiger partial charge in [0.2, 0.25) is 11.6 Å². The second-order valence-corrected chi connectivity index (χ2v) is 2.63. The maximum Gasteiger partial charge on any atom is 0.323 e. The third kappa shape index (κ3) is 6.79. The van der Waals surface area contributed by atoms with Crippen LogP contribution in [0.4, 0.5) is 0 Å². The van der Waals surface area contributed by atoms with Crippen molar-refractivity contribution in [1.29, 1.82) is 0 Å². The van der Waals surface area contributed by atoms with Crippen LogP contribution in [0.2, 0.25) is 0 Å². The molecular weight excluding hydrogens is 184 g/mol. The molecule has 0 unspecified atom stereocenters. The molecule has 0 saturated carbocycles. The van der Waals surface area contributed by atoms with Crippen LogP contribution < -0.4 is 0 Å². The lowest BCUT2D eigenvalue weighted by Gasteiger charge is -1.91. The van der Waals surface area contributed by atoms with Crippen molar-refractivity contribution in [2.75, 3.05) is 0 Å². The number of hydrogen-bond acceptors (Lipinski definition) is 2. The van der Waals surface area contributed by atoms with Crippen LogP contribution in [0.25, 0.3) is 11.1 Å². The van der Waals surface area contributed by atoms with E-state index in [2.05, 4.69) is 9.58 Å². The Hall–Kier alpha value is -1.90. The number of carbonyl (C=O) groups excluding carboxylic acids is 2. The summed E-state index contributed by atoms with van der Waals surface area (Å²) in [6.07, 6.45) is 3.22. The van der Waals surface area contributed by atoms with E-state index in [9.17, 15) is 9.59 Å². The minimum atomic E-state index is -0.282. The average Bonchev–Trinajstić information content (AvgIpc) is 2.13. The molecule has 6 heteroatoms. The Balaban J connectivity index is 3.56. The number of unbranched alkanes of at least 4 members (excludes halogenated alkanes) is 1. The first-order valence-electron chi connectivity index (χ1n) is 4.11. The third-order valence-corrected chi connectivity index (χ3v) is 1.50. The van der Waals surface area contributed by atoms with Gasteiger partial charge >= 0.3 is 12.4 Å². The van der Waals surface area contributed by atoms with Crippen LogP contribution in [0.5, 0.6) is 0 Å². The molecular formula is C8H10N4O2. The zero-order valence-electron chi connectivity index (χ0n) is 7.59. The van der Waals surface area contributed by atoms with Gasteiger partial charge in [0, 0.05) is 12.8 Å². The van der Waals surface area contributed by atoms with E-state index in [0.717, 1.165) is 12.4 Å². The van der Waals surface area contributed by atoms with Gasteiger partial charge in [-0.1, -0.05) is 0 Å². The first kappa shape index (κ1) is 12.1. The minimum absolute atomic E-state index is 0.244. The molecule has 0 aromatic carbocycles. The van der Waals surface area contributed by atoms with Gasteiger partial charge in [-0.3, -0.25) is 9.59 Å². The predicted octanol–water partition coefficient (Wildman–Crippen LogP) is 0.286. The second kappa shape index (κ2) is 7.73. The van der Waals surface area contributed by atoms with Gasteiger partial charge in [0.1, 0.15) is 0 Å². The highest BCUT2D eigenvalue weighted by Gasteiger charge is 2.05. The van der Waals surface area contributed by atoms with Gasteiger partial charge in [-0.05, 0) is 12.8 Å². The zero-order valence-corrected chi connectivity index (χ0v) is 7.59. The molecule has 0 atom stereocenters. The van der Waals surface area contributed by atoms with Gasteiger partial charge < -0.3 is 11.1 Å². The highest BCUT2D eigenvalue weighted by atomic mass is 16.1. The Morgan fingerprint density at radius 2 is 1.29 bits per heavy atom. The molecule has 0 heterocycles. The van der Waals surface area contributed by atoms with E-state index >= 15 is 0 Å². The molecule has 0 radical (unpaired) electrons. The Morgan fingerprint density at radius 3 is 1.57 bits per heavy atom. The Labute approximate surface area is 80.8 Å². The summed E-state index contributed by atoms with van der Waals surface area (Å²) in [5.41, 5.74) is 16.0. The van der Waals surface area contributed by atoms with E-state index in [4.69, 9.17) is 11.1 Å². The molecule has 0 rings (SSSR count). The zero-order chi connectivity index (χ0) is 10.8. The van der Waals surface area contributed by atoms with Crippen LogP contribution in [-0.2, 0) is 9.59 Å². The SMILES string of the molecule is [N-]=[N+]=CC(=O)CCCCC(=O)C=[N+]=[N-]. The van der Waals surface area contributed by atoms with Crippen LogP contribution in [0.15, 0.2) is 0 Å². The molecule has 14 heavy (non-hydrogen) atoms. The van der Waals surface area contributed by atoms with E-state index in [1.807, 2.05) is 0 Å². The first-order chi connectivity index (χ1) is 6.70. The summed E-state index contributed by atoms with van der Waals surface area (Å²) in [5, 5.41) is 0. The Bertz CT molecular complexity index is 279. The van der Waals surface area contributed by atoms with E-state index in [1.54, 1.807) is 0 Å². The molecule has 74 valence electrons. The quantitative estimate of drug-likeness (QED) is 0.251. The van der Waals surface area contributed by atoms with Crippen LogP contribution in [-0.4, -0.2) is 33.6 Å². The standard InChI is InChI=1S/C8H10N4O2/c9-11-5-7(13)3-1-2-4-8(14)6-12-10/h5-6H,1-4H2. The highest BCUT2D eigenvalue weighted by Crippen LogP contribution is 1.99. The molecule has 0 saturated heterocycles. The highest BCUT2D eigenvalue weighted by molar-refractivity contribution is 6.25. The maximum absolute atomic E-state index is 10.8. The van der Waals surface area contributed by atoms with Crippen molar-refractivity contribution in [1.82, 2.24) is 0 Å². The van der Waals surface area contributed by atoms with Crippen molar-refractivity contribution < 1.29 is 19.2 Å². The lowest BCUT2D eigenvalue weighted by atomic mass is 10.1. The fraction of sp³-hybridized carbons (Fsp3) is 0.500. The van der Waals surface area contributed by atoms with Crippen LogP contribution in [0, 0.1) is 0 Å². The van der Waals surface area contributed by atoms with Crippen LogP contribution in [0.1, 0.15) is 25.7 Å². The average molecular weight is 194 g/mol. The fourth-order valence-electron chi connectivity index (χ4n) is 0.856. The summed E-state index contributed by atoms with van der Waals surface area (Å²) >= 11 is 0. The number of nitrogens with zero attached hydrogens (tertiary/aromatic N) is 4. The monoisotopic (exact) mass is 194 g/mol. The molecule has 0 aliphatic rings. The summed E-state index contributed by atoms with van der Waals surface area (Å²) in [4.78, 5) is 26.7. The number of carbonyl (C=O) groups is 2. The predicted molar refractivity (Wildman–Crippen MR) is 47.8 cm³/mol. The van der Waals surface area contributed by atoms with Gasteiger partial charge in [0.15, 0.2) is 0 Å². The van der Waals surface area contributed by atoms with E-state index in [0.29, 0.717) is 12.8 Å². The number of Topliss-reactive ketones (excluding diaryl/α,β-unsaturated/α-hetero) is 2. The molecule has 0 amide bonds. The van der Waals surface area contributed by atoms with Gasteiger partial charge in [-0.2, -0.15) is 9.58 Å². The summed E-state index contributed by atoms with van der Waals surface area (Å²) in [6, 6.07) is 0. The Morgan fingerprint density at radius 1 is 0.929 bits per heavy atom. The molecule has 0 spiro atoms. The van der Waals surface area contributed by atoms with Crippen molar-refractivity contribution in [3.63, 3.8) is 0 Å². The summed E-state index contributed by atoms with van der Waals surface area (Å²) < 4.78 is 0. The van der Waals surface area contributed by atoms with Crippen molar-refractivity contribution in [3.8, 4) is 0 Å². The van der Waals surface area contributed by atoms with E-state index < -0.39 is 0 Å². The number of hydrogen-bond donors (Lipinski definition) is 0. The lowest BCUT2D eigenvalue weighted by Crippen LogP contribution is -2.02.